The molecular weight excluding hydrogens is 371 g/mol. The Bertz CT molecular complexity index is 870. The number of carbonyl (C=O) groups excluding carboxylic acids is 1. The highest BCUT2D eigenvalue weighted by atomic mass is 32.2. The van der Waals surface area contributed by atoms with Crippen LogP contribution in [0.25, 0.3) is 0 Å². The van der Waals surface area contributed by atoms with Gasteiger partial charge in [0.15, 0.2) is 0 Å². The number of amides is 1. The van der Waals surface area contributed by atoms with Crippen LogP contribution < -0.4 is 10.0 Å². The van der Waals surface area contributed by atoms with Crippen LogP contribution in [0.15, 0.2) is 53.4 Å². The Kier molecular flexibility index (Phi) is 7.46. The molecule has 0 aliphatic heterocycles. The first kappa shape index (κ1) is 21.0. The number of sulfonamides is 1. The average Bonchev–Trinajstić information content (AvgIpc) is 2.61. The molecule has 0 unspecified atom stereocenters. The number of carbonyl (C=O) groups is 1. The molecule has 0 heterocycles. The Hall–Kier alpha value is -2.29. The lowest BCUT2D eigenvalue weighted by Crippen LogP contribution is -2.35. The molecule has 0 bridgehead atoms. The molecule has 8 heteroatoms. The lowest BCUT2D eigenvalue weighted by atomic mass is 10.1. The van der Waals surface area contributed by atoms with Crippen LogP contribution in [0, 0.1) is 5.82 Å². The molecule has 0 fully saturated rings. The van der Waals surface area contributed by atoms with E-state index in [0.29, 0.717) is 18.5 Å². The van der Waals surface area contributed by atoms with Crippen molar-refractivity contribution in [2.24, 2.45) is 0 Å². The van der Waals surface area contributed by atoms with Crippen molar-refractivity contribution in [3.8, 4) is 0 Å². The smallest absolute Gasteiger partial charge is 0.251 e. The summed E-state index contributed by atoms with van der Waals surface area (Å²) in [7, 11) is -2.19. The Balaban J connectivity index is 1.92. The highest BCUT2D eigenvalue weighted by Crippen LogP contribution is 2.11. The molecule has 6 nitrogen and oxygen atoms in total. The lowest BCUT2D eigenvalue weighted by molar-refractivity contribution is 0.0954. The predicted octanol–water partition coefficient (Wildman–Crippen LogP) is 2.11. The Morgan fingerprint density at radius 1 is 1.19 bits per heavy atom. The zero-order valence-electron chi connectivity index (χ0n) is 15.2. The first-order valence-corrected chi connectivity index (χ1v) is 9.94. The molecule has 1 amide bonds. The summed E-state index contributed by atoms with van der Waals surface area (Å²) in [6, 6.07) is 11.5. The monoisotopic (exact) mass is 394 g/mol. The fourth-order valence-corrected chi connectivity index (χ4v) is 3.75. The van der Waals surface area contributed by atoms with E-state index >= 15 is 0 Å². The van der Waals surface area contributed by atoms with E-state index in [4.69, 9.17) is 4.74 Å². The SMILES string of the molecule is COC[C@H](C)NS(=O)(=O)c1ccc(C(=O)NCCc2cccc(F)c2)cc1. The van der Waals surface area contributed by atoms with Crippen molar-refractivity contribution in [1.29, 1.82) is 0 Å². The summed E-state index contributed by atoms with van der Waals surface area (Å²) in [6.07, 6.45) is 0.497. The zero-order valence-corrected chi connectivity index (χ0v) is 16.1. The molecule has 2 N–H and O–H groups in total. The van der Waals surface area contributed by atoms with Gasteiger partial charge in [0.2, 0.25) is 10.0 Å². The van der Waals surface area contributed by atoms with Gasteiger partial charge in [-0.15, -0.1) is 0 Å². The van der Waals surface area contributed by atoms with E-state index < -0.39 is 10.0 Å². The number of halogens is 1. The molecule has 0 aromatic heterocycles. The Morgan fingerprint density at radius 2 is 1.89 bits per heavy atom. The summed E-state index contributed by atoms with van der Waals surface area (Å²) in [5.41, 5.74) is 1.13. The molecule has 146 valence electrons. The van der Waals surface area contributed by atoms with Gasteiger partial charge in [0, 0.05) is 25.3 Å². The van der Waals surface area contributed by atoms with E-state index in [1.54, 1.807) is 19.1 Å². The van der Waals surface area contributed by atoms with Crippen LogP contribution in [0.2, 0.25) is 0 Å². The van der Waals surface area contributed by atoms with Crippen LogP contribution in [-0.4, -0.2) is 40.6 Å². The molecule has 2 aromatic rings. The molecule has 0 spiro atoms. The zero-order chi connectivity index (χ0) is 19.9. The summed E-state index contributed by atoms with van der Waals surface area (Å²) in [6.45, 7) is 2.30. The van der Waals surface area contributed by atoms with Gasteiger partial charge in [-0.3, -0.25) is 4.79 Å². The van der Waals surface area contributed by atoms with Crippen LogP contribution in [0.5, 0.6) is 0 Å². The fourth-order valence-electron chi connectivity index (χ4n) is 2.52. The number of ether oxygens (including phenoxy) is 1. The molecule has 27 heavy (non-hydrogen) atoms. The molecule has 0 radical (unpaired) electrons. The fraction of sp³-hybridized carbons (Fsp3) is 0.316. The third-order valence-corrected chi connectivity index (χ3v) is 5.39. The standard InChI is InChI=1S/C19H23FN2O4S/c1-14(13-26-2)22-27(24,25)18-8-6-16(7-9-18)19(23)21-11-10-15-4-3-5-17(20)12-15/h3-9,12,14,22H,10-11,13H2,1-2H3,(H,21,23)/t14-/m0/s1. The average molecular weight is 394 g/mol. The van der Waals surface area contributed by atoms with Crippen molar-refractivity contribution in [3.05, 3.63) is 65.5 Å². The van der Waals surface area contributed by atoms with Gasteiger partial charge < -0.3 is 10.1 Å². The number of rotatable bonds is 9. The number of hydrogen-bond acceptors (Lipinski definition) is 4. The van der Waals surface area contributed by atoms with Crippen molar-refractivity contribution in [1.82, 2.24) is 10.0 Å². The number of hydrogen-bond donors (Lipinski definition) is 2. The topological polar surface area (TPSA) is 84.5 Å². The molecular formula is C19H23FN2O4S. The Morgan fingerprint density at radius 3 is 2.52 bits per heavy atom. The van der Waals surface area contributed by atoms with Gasteiger partial charge >= 0.3 is 0 Å². The molecule has 1 atom stereocenters. The van der Waals surface area contributed by atoms with E-state index in [-0.39, 0.29) is 29.3 Å². The van der Waals surface area contributed by atoms with Crippen LogP contribution in [0.4, 0.5) is 4.39 Å². The van der Waals surface area contributed by atoms with Crippen molar-refractivity contribution in [2.45, 2.75) is 24.3 Å². The van der Waals surface area contributed by atoms with Gasteiger partial charge in [-0.05, 0) is 55.3 Å². The molecule has 0 saturated carbocycles. The van der Waals surface area contributed by atoms with Gasteiger partial charge in [-0.25, -0.2) is 17.5 Å². The highest BCUT2D eigenvalue weighted by molar-refractivity contribution is 7.89. The molecule has 0 aliphatic rings. The minimum absolute atomic E-state index is 0.0711. The predicted molar refractivity (Wildman–Crippen MR) is 101 cm³/mol. The lowest BCUT2D eigenvalue weighted by Gasteiger charge is -2.13. The molecule has 2 rings (SSSR count). The van der Waals surface area contributed by atoms with Gasteiger partial charge in [0.25, 0.3) is 5.91 Å². The summed E-state index contributed by atoms with van der Waals surface area (Å²) >= 11 is 0. The van der Waals surface area contributed by atoms with Crippen LogP contribution in [0.1, 0.15) is 22.8 Å². The maximum Gasteiger partial charge on any atom is 0.251 e. The third kappa shape index (κ3) is 6.42. The number of nitrogens with one attached hydrogen (secondary N) is 2. The second-order valence-corrected chi connectivity index (χ2v) is 7.85. The van der Waals surface area contributed by atoms with Crippen LogP contribution >= 0.6 is 0 Å². The maximum absolute atomic E-state index is 13.1. The van der Waals surface area contributed by atoms with Crippen molar-refractivity contribution in [3.63, 3.8) is 0 Å². The third-order valence-electron chi connectivity index (χ3n) is 3.79. The van der Waals surface area contributed by atoms with Crippen molar-refractivity contribution < 1.29 is 22.3 Å². The summed E-state index contributed by atoms with van der Waals surface area (Å²) < 4.78 is 45.0. The van der Waals surface area contributed by atoms with E-state index in [0.717, 1.165) is 5.56 Å². The summed E-state index contributed by atoms with van der Waals surface area (Å²) in [5, 5.41) is 2.73. The van der Waals surface area contributed by atoms with Gasteiger partial charge in [-0.1, -0.05) is 12.1 Å². The highest BCUT2D eigenvalue weighted by Gasteiger charge is 2.17. The second kappa shape index (κ2) is 9.59. The summed E-state index contributed by atoms with van der Waals surface area (Å²) in [5.74, 6) is -0.639. The normalized spacial score (nSPS) is 12.6. The quantitative estimate of drug-likeness (QED) is 0.682. The van der Waals surface area contributed by atoms with Gasteiger partial charge in [-0.2, -0.15) is 0 Å². The molecule has 0 saturated heterocycles. The first-order chi connectivity index (χ1) is 12.8. The van der Waals surface area contributed by atoms with Crippen molar-refractivity contribution >= 4 is 15.9 Å². The van der Waals surface area contributed by atoms with Gasteiger partial charge in [0.05, 0.1) is 11.5 Å². The van der Waals surface area contributed by atoms with Crippen LogP contribution in [-0.2, 0) is 21.2 Å². The van der Waals surface area contributed by atoms with E-state index in [2.05, 4.69) is 10.0 Å². The summed E-state index contributed by atoms with van der Waals surface area (Å²) in [4.78, 5) is 12.2. The van der Waals surface area contributed by atoms with E-state index in [1.807, 2.05) is 0 Å². The number of methoxy groups -OCH3 is 1. The minimum atomic E-state index is -3.68. The second-order valence-electron chi connectivity index (χ2n) is 6.14. The van der Waals surface area contributed by atoms with E-state index in [1.165, 1.54) is 43.5 Å². The largest absolute Gasteiger partial charge is 0.383 e. The van der Waals surface area contributed by atoms with Crippen molar-refractivity contribution in [2.75, 3.05) is 20.3 Å². The molecule has 2 aromatic carbocycles. The van der Waals surface area contributed by atoms with Gasteiger partial charge in [0.1, 0.15) is 5.82 Å². The first-order valence-electron chi connectivity index (χ1n) is 8.46. The molecule has 0 aliphatic carbocycles. The maximum atomic E-state index is 13.1. The van der Waals surface area contributed by atoms with E-state index in [9.17, 15) is 17.6 Å². The minimum Gasteiger partial charge on any atom is -0.383 e. The number of benzene rings is 2. The van der Waals surface area contributed by atoms with Crippen LogP contribution in [0.3, 0.4) is 0 Å². The Labute approximate surface area is 158 Å².